The third-order valence-electron chi connectivity index (χ3n) is 4.66. The number of halogens is 1. The first-order valence-corrected chi connectivity index (χ1v) is 8.33. The number of likely N-dealkylation sites (tertiary alicyclic amines) is 1. The van der Waals surface area contributed by atoms with Crippen molar-refractivity contribution >= 4 is 11.9 Å². The van der Waals surface area contributed by atoms with Gasteiger partial charge in [0.05, 0.1) is 6.54 Å². The van der Waals surface area contributed by atoms with E-state index in [9.17, 15) is 14.0 Å². The van der Waals surface area contributed by atoms with Crippen LogP contribution in [0.5, 0.6) is 0 Å². The van der Waals surface area contributed by atoms with Gasteiger partial charge in [-0.15, -0.1) is 0 Å². The van der Waals surface area contributed by atoms with Crippen LogP contribution in [0.3, 0.4) is 0 Å². The molecule has 1 aliphatic rings. The van der Waals surface area contributed by atoms with Gasteiger partial charge in [-0.05, 0) is 30.0 Å². The Hall–Kier alpha value is -2.69. The quantitative estimate of drug-likeness (QED) is 0.909. The second kappa shape index (κ2) is 7.05. The number of alkyl halides is 1. The van der Waals surface area contributed by atoms with Crippen LogP contribution in [-0.4, -0.2) is 40.6 Å². The Morgan fingerprint density at radius 2 is 1.72 bits per heavy atom. The Balaban J connectivity index is 1.74. The van der Waals surface area contributed by atoms with E-state index in [1.807, 2.05) is 42.5 Å². The van der Waals surface area contributed by atoms with E-state index in [2.05, 4.69) is 0 Å². The van der Waals surface area contributed by atoms with Gasteiger partial charge in [0.2, 0.25) is 5.67 Å². The molecule has 1 heterocycles. The van der Waals surface area contributed by atoms with E-state index in [1.54, 1.807) is 12.1 Å². The topological polar surface area (TPSA) is 57.6 Å². The van der Waals surface area contributed by atoms with Gasteiger partial charge in [-0.25, -0.2) is 9.18 Å². The fourth-order valence-electron chi connectivity index (χ4n) is 3.16. The molecule has 1 fully saturated rings. The average Bonchev–Trinajstić information content (AvgIpc) is 3.04. The molecule has 0 radical (unpaired) electrons. The zero-order valence-electron chi connectivity index (χ0n) is 13.8. The summed E-state index contributed by atoms with van der Waals surface area (Å²) < 4.78 is 14.2. The standard InChI is InChI=1S/C20H20FNO3/c21-20(19(24)25)12-13-22(14-20)18(23)17-9-5-4-8-16(17)11-10-15-6-2-1-3-7-15/h1-9H,10-14H2,(H,24,25). The van der Waals surface area contributed by atoms with Crippen LogP contribution in [-0.2, 0) is 17.6 Å². The summed E-state index contributed by atoms with van der Waals surface area (Å²) in [6, 6.07) is 17.2. The number of benzene rings is 2. The van der Waals surface area contributed by atoms with Crippen LogP contribution in [0.2, 0.25) is 0 Å². The van der Waals surface area contributed by atoms with Gasteiger partial charge >= 0.3 is 5.97 Å². The van der Waals surface area contributed by atoms with Crippen molar-refractivity contribution in [3.8, 4) is 0 Å². The molecule has 1 aliphatic heterocycles. The first-order valence-electron chi connectivity index (χ1n) is 8.33. The molecular weight excluding hydrogens is 321 g/mol. The molecule has 1 atom stereocenters. The number of aliphatic carboxylic acids is 1. The predicted molar refractivity (Wildman–Crippen MR) is 92.3 cm³/mol. The summed E-state index contributed by atoms with van der Waals surface area (Å²) in [6.07, 6.45) is 1.33. The maximum atomic E-state index is 14.2. The van der Waals surface area contributed by atoms with Gasteiger partial charge in [0.15, 0.2) is 0 Å². The minimum absolute atomic E-state index is 0.120. The van der Waals surface area contributed by atoms with Crippen LogP contribution < -0.4 is 0 Å². The summed E-state index contributed by atoms with van der Waals surface area (Å²) in [5.74, 6) is -1.80. The van der Waals surface area contributed by atoms with Crippen molar-refractivity contribution in [2.45, 2.75) is 24.9 Å². The van der Waals surface area contributed by atoms with Crippen LogP contribution in [0.1, 0.15) is 27.9 Å². The van der Waals surface area contributed by atoms with Gasteiger partial charge in [0, 0.05) is 18.5 Å². The molecule has 1 saturated heterocycles. The number of aryl methyl sites for hydroxylation is 2. The third kappa shape index (κ3) is 3.71. The zero-order chi connectivity index (χ0) is 17.9. The second-order valence-corrected chi connectivity index (χ2v) is 6.39. The van der Waals surface area contributed by atoms with E-state index in [0.29, 0.717) is 12.0 Å². The lowest BCUT2D eigenvalue weighted by Crippen LogP contribution is -2.39. The van der Waals surface area contributed by atoms with Gasteiger partial charge in [-0.1, -0.05) is 48.5 Å². The predicted octanol–water partition coefficient (Wildman–Crippen LogP) is 3.11. The van der Waals surface area contributed by atoms with E-state index in [0.717, 1.165) is 12.0 Å². The summed E-state index contributed by atoms with van der Waals surface area (Å²) in [5, 5.41) is 8.99. The molecule has 0 aliphatic carbocycles. The molecule has 0 aromatic heterocycles. The fourth-order valence-corrected chi connectivity index (χ4v) is 3.16. The summed E-state index contributed by atoms with van der Waals surface area (Å²) in [6.45, 7) is -0.275. The van der Waals surface area contributed by atoms with E-state index >= 15 is 0 Å². The van der Waals surface area contributed by atoms with Crippen LogP contribution >= 0.6 is 0 Å². The first-order chi connectivity index (χ1) is 12.0. The summed E-state index contributed by atoms with van der Waals surface area (Å²) in [4.78, 5) is 25.1. The average molecular weight is 341 g/mol. The van der Waals surface area contributed by atoms with Crippen LogP contribution in [0.15, 0.2) is 54.6 Å². The van der Waals surface area contributed by atoms with Gasteiger partial charge in [-0.2, -0.15) is 0 Å². The minimum atomic E-state index is -2.34. The maximum Gasteiger partial charge on any atom is 0.343 e. The number of amides is 1. The first kappa shape index (κ1) is 17.1. The smallest absolute Gasteiger partial charge is 0.343 e. The molecule has 2 aromatic carbocycles. The van der Waals surface area contributed by atoms with Crippen molar-refractivity contribution in [1.29, 1.82) is 0 Å². The van der Waals surface area contributed by atoms with Crippen LogP contribution in [0.25, 0.3) is 0 Å². The van der Waals surface area contributed by atoms with Gasteiger partial charge in [0.25, 0.3) is 5.91 Å². The minimum Gasteiger partial charge on any atom is -0.479 e. The molecular formula is C20H20FNO3. The van der Waals surface area contributed by atoms with Gasteiger partial charge < -0.3 is 10.0 Å². The second-order valence-electron chi connectivity index (χ2n) is 6.39. The maximum absolute atomic E-state index is 14.2. The van der Waals surface area contributed by atoms with Gasteiger partial charge in [0.1, 0.15) is 0 Å². The molecule has 0 spiro atoms. The molecule has 1 N–H and O–H groups in total. The van der Waals surface area contributed by atoms with Crippen LogP contribution in [0.4, 0.5) is 4.39 Å². The monoisotopic (exact) mass is 341 g/mol. The van der Waals surface area contributed by atoms with Crippen molar-refractivity contribution < 1.29 is 19.1 Å². The molecule has 2 aromatic rings. The lowest BCUT2D eigenvalue weighted by Gasteiger charge is -2.19. The van der Waals surface area contributed by atoms with E-state index < -0.39 is 18.2 Å². The largest absolute Gasteiger partial charge is 0.479 e. The Kier molecular flexibility index (Phi) is 4.83. The number of nitrogens with zero attached hydrogens (tertiary/aromatic N) is 1. The van der Waals surface area contributed by atoms with E-state index in [1.165, 1.54) is 10.5 Å². The Bertz CT molecular complexity index is 778. The third-order valence-corrected chi connectivity index (χ3v) is 4.66. The Morgan fingerprint density at radius 1 is 1.04 bits per heavy atom. The molecule has 130 valence electrons. The van der Waals surface area contributed by atoms with E-state index in [-0.39, 0.29) is 18.9 Å². The Morgan fingerprint density at radius 3 is 2.40 bits per heavy atom. The van der Waals surface area contributed by atoms with Gasteiger partial charge in [-0.3, -0.25) is 4.79 Å². The lowest BCUT2D eigenvalue weighted by molar-refractivity contribution is -0.149. The highest BCUT2D eigenvalue weighted by atomic mass is 19.1. The van der Waals surface area contributed by atoms with Crippen LogP contribution in [0, 0.1) is 0 Å². The number of carbonyl (C=O) groups excluding carboxylic acids is 1. The van der Waals surface area contributed by atoms with Crippen molar-refractivity contribution in [3.05, 3.63) is 71.3 Å². The highest BCUT2D eigenvalue weighted by molar-refractivity contribution is 5.96. The summed E-state index contributed by atoms with van der Waals surface area (Å²) in [5.41, 5.74) is 0.255. The number of hydrogen-bond acceptors (Lipinski definition) is 2. The molecule has 1 amide bonds. The number of hydrogen-bond donors (Lipinski definition) is 1. The Labute approximate surface area is 145 Å². The number of carbonyl (C=O) groups is 2. The van der Waals surface area contributed by atoms with Crippen molar-refractivity contribution in [3.63, 3.8) is 0 Å². The lowest BCUT2D eigenvalue weighted by atomic mass is 9.99. The normalized spacial score (nSPS) is 19.8. The number of rotatable bonds is 5. The molecule has 0 saturated carbocycles. The zero-order valence-corrected chi connectivity index (χ0v) is 13.8. The SMILES string of the molecule is O=C(c1ccccc1CCc1ccccc1)N1CCC(F)(C(=O)O)C1. The summed E-state index contributed by atoms with van der Waals surface area (Å²) in [7, 11) is 0. The molecule has 3 rings (SSSR count). The number of carboxylic acids is 1. The number of carboxylic acid groups (broad SMARTS) is 1. The molecule has 25 heavy (non-hydrogen) atoms. The van der Waals surface area contributed by atoms with Crippen molar-refractivity contribution in [1.82, 2.24) is 4.90 Å². The molecule has 1 unspecified atom stereocenters. The molecule has 5 heteroatoms. The van der Waals surface area contributed by atoms with E-state index in [4.69, 9.17) is 5.11 Å². The molecule has 0 bridgehead atoms. The fraction of sp³-hybridized carbons (Fsp3) is 0.300. The molecule has 4 nitrogen and oxygen atoms in total. The summed E-state index contributed by atoms with van der Waals surface area (Å²) >= 11 is 0. The highest BCUT2D eigenvalue weighted by Crippen LogP contribution is 2.28. The van der Waals surface area contributed by atoms with Crippen molar-refractivity contribution in [2.75, 3.05) is 13.1 Å². The highest BCUT2D eigenvalue weighted by Gasteiger charge is 2.47. The van der Waals surface area contributed by atoms with Crippen molar-refractivity contribution in [2.24, 2.45) is 0 Å².